The molecule has 16 heavy (non-hydrogen) atoms. The van der Waals surface area contributed by atoms with Crippen molar-refractivity contribution in [2.24, 2.45) is 5.92 Å². The highest BCUT2D eigenvalue weighted by Gasteiger charge is 2.20. The Bertz CT molecular complexity index is 248. The average Bonchev–Trinajstić information content (AvgIpc) is 2.26. The smallest absolute Gasteiger partial charge is 0.239 e. The van der Waals surface area contributed by atoms with E-state index >= 15 is 0 Å². The molecule has 1 aliphatic rings. The van der Waals surface area contributed by atoms with Crippen LogP contribution in [0.1, 0.15) is 26.7 Å². The number of piperidine rings is 1. The zero-order valence-corrected chi connectivity index (χ0v) is 10.0. The van der Waals surface area contributed by atoms with Crippen molar-refractivity contribution in [2.75, 3.05) is 19.6 Å². The Morgan fingerprint density at radius 3 is 2.75 bits per heavy atom. The van der Waals surface area contributed by atoms with E-state index in [0.717, 1.165) is 25.9 Å². The standard InChI is InChI=1S/C11H21N3O2/c1-8(2)14-10(15)7-13-11(16)9-4-3-5-12-6-9/h8-9,12H,3-7H2,1-2H3,(H,13,16)(H,14,15). The van der Waals surface area contributed by atoms with Crippen LogP contribution in [0.15, 0.2) is 0 Å². The number of rotatable bonds is 4. The number of hydrogen-bond acceptors (Lipinski definition) is 3. The quantitative estimate of drug-likeness (QED) is 0.613. The van der Waals surface area contributed by atoms with E-state index in [2.05, 4.69) is 16.0 Å². The lowest BCUT2D eigenvalue weighted by atomic mass is 9.99. The minimum atomic E-state index is -0.132. The van der Waals surface area contributed by atoms with Crippen LogP contribution in [0.25, 0.3) is 0 Å². The second-order valence-corrected chi connectivity index (χ2v) is 4.48. The third kappa shape index (κ3) is 4.61. The molecule has 3 N–H and O–H groups in total. The number of nitrogens with one attached hydrogen (secondary N) is 3. The fraction of sp³-hybridized carbons (Fsp3) is 0.818. The van der Waals surface area contributed by atoms with Crippen LogP contribution in [-0.2, 0) is 9.59 Å². The molecular formula is C11H21N3O2. The molecule has 2 amide bonds. The highest BCUT2D eigenvalue weighted by molar-refractivity contribution is 5.86. The molecule has 92 valence electrons. The van der Waals surface area contributed by atoms with Gasteiger partial charge in [0, 0.05) is 12.6 Å². The highest BCUT2D eigenvalue weighted by Crippen LogP contribution is 2.09. The molecule has 5 heteroatoms. The summed E-state index contributed by atoms with van der Waals surface area (Å²) < 4.78 is 0. The largest absolute Gasteiger partial charge is 0.352 e. The van der Waals surface area contributed by atoms with Crippen LogP contribution in [0.5, 0.6) is 0 Å². The minimum absolute atomic E-state index is 0.0144. The molecule has 1 rings (SSSR count). The molecule has 0 aliphatic carbocycles. The van der Waals surface area contributed by atoms with Crippen LogP contribution in [0, 0.1) is 5.92 Å². The molecule has 1 fully saturated rings. The molecule has 1 saturated heterocycles. The van der Waals surface area contributed by atoms with Gasteiger partial charge in [0.15, 0.2) is 0 Å². The summed E-state index contributed by atoms with van der Waals surface area (Å²) in [6.07, 6.45) is 1.93. The van der Waals surface area contributed by atoms with Crippen molar-refractivity contribution >= 4 is 11.8 Å². The van der Waals surface area contributed by atoms with E-state index in [1.807, 2.05) is 13.8 Å². The molecule has 5 nitrogen and oxygen atoms in total. The maximum Gasteiger partial charge on any atom is 0.239 e. The van der Waals surface area contributed by atoms with Gasteiger partial charge in [-0.1, -0.05) is 0 Å². The van der Waals surface area contributed by atoms with E-state index in [1.54, 1.807) is 0 Å². The predicted molar refractivity (Wildman–Crippen MR) is 61.9 cm³/mol. The van der Waals surface area contributed by atoms with Crippen LogP contribution < -0.4 is 16.0 Å². The van der Waals surface area contributed by atoms with Crippen molar-refractivity contribution < 1.29 is 9.59 Å². The van der Waals surface area contributed by atoms with E-state index in [9.17, 15) is 9.59 Å². The lowest BCUT2D eigenvalue weighted by Gasteiger charge is -2.21. The van der Waals surface area contributed by atoms with Gasteiger partial charge in [-0.05, 0) is 33.2 Å². The summed E-state index contributed by atoms with van der Waals surface area (Å²) in [5.41, 5.74) is 0. The third-order valence-corrected chi connectivity index (χ3v) is 2.54. The molecule has 0 spiro atoms. The highest BCUT2D eigenvalue weighted by atomic mass is 16.2. The molecule has 1 unspecified atom stereocenters. The van der Waals surface area contributed by atoms with Crippen molar-refractivity contribution in [2.45, 2.75) is 32.7 Å². The van der Waals surface area contributed by atoms with Crippen LogP contribution >= 0.6 is 0 Å². The van der Waals surface area contributed by atoms with Gasteiger partial charge in [-0.2, -0.15) is 0 Å². The van der Waals surface area contributed by atoms with E-state index in [-0.39, 0.29) is 30.3 Å². The van der Waals surface area contributed by atoms with Gasteiger partial charge in [0.2, 0.25) is 11.8 Å². The Kier molecular flexibility index (Phi) is 5.25. The number of carbonyl (C=O) groups is 2. The fourth-order valence-electron chi connectivity index (χ4n) is 1.76. The van der Waals surface area contributed by atoms with E-state index in [0.29, 0.717) is 0 Å². The van der Waals surface area contributed by atoms with Gasteiger partial charge in [0.05, 0.1) is 12.5 Å². The van der Waals surface area contributed by atoms with Gasteiger partial charge < -0.3 is 16.0 Å². The summed E-state index contributed by atoms with van der Waals surface area (Å²) in [7, 11) is 0. The van der Waals surface area contributed by atoms with E-state index in [1.165, 1.54) is 0 Å². The Balaban J connectivity index is 2.21. The molecule has 0 radical (unpaired) electrons. The van der Waals surface area contributed by atoms with Crippen molar-refractivity contribution in [3.63, 3.8) is 0 Å². The van der Waals surface area contributed by atoms with Crippen molar-refractivity contribution in [3.8, 4) is 0 Å². The fourth-order valence-corrected chi connectivity index (χ4v) is 1.76. The summed E-state index contributed by atoms with van der Waals surface area (Å²) in [4.78, 5) is 23.0. The summed E-state index contributed by atoms with van der Waals surface area (Å²) in [6, 6.07) is 0.112. The van der Waals surface area contributed by atoms with Crippen LogP contribution in [0.3, 0.4) is 0 Å². The first kappa shape index (κ1) is 13.0. The summed E-state index contributed by atoms with van der Waals surface area (Å²) >= 11 is 0. The van der Waals surface area contributed by atoms with Gasteiger partial charge in [0.25, 0.3) is 0 Å². The molecule has 1 heterocycles. The molecule has 0 aromatic heterocycles. The maximum absolute atomic E-state index is 11.7. The minimum Gasteiger partial charge on any atom is -0.352 e. The number of amides is 2. The van der Waals surface area contributed by atoms with E-state index in [4.69, 9.17) is 0 Å². The zero-order valence-electron chi connectivity index (χ0n) is 10.0. The molecule has 0 aromatic carbocycles. The normalized spacial score (nSPS) is 20.6. The molecule has 1 atom stereocenters. The monoisotopic (exact) mass is 227 g/mol. The first-order chi connectivity index (χ1) is 7.59. The van der Waals surface area contributed by atoms with E-state index < -0.39 is 0 Å². The van der Waals surface area contributed by atoms with Crippen LogP contribution in [-0.4, -0.2) is 37.5 Å². The summed E-state index contributed by atoms with van der Waals surface area (Å²) in [6.45, 7) is 5.57. The summed E-state index contributed by atoms with van der Waals surface area (Å²) in [5, 5.41) is 8.57. The Hall–Kier alpha value is -1.10. The van der Waals surface area contributed by atoms with Crippen molar-refractivity contribution in [1.29, 1.82) is 0 Å². The zero-order chi connectivity index (χ0) is 12.0. The van der Waals surface area contributed by atoms with Crippen LogP contribution in [0.4, 0.5) is 0 Å². The lowest BCUT2D eigenvalue weighted by molar-refractivity contribution is -0.129. The Morgan fingerprint density at radius 2 is 2.19 bits per heavy atom. The maximum atomic E-state index is 11.7. The number of carbonyl (C=O) groups excluding carboxylic acids is 2. The molecule has 0 bridgehead atoms. The topological polar surface area (TPSA) is 70.2 Å². The first-order valence-electron chi connectivity index (χ1n) is 5.87. The second kappa shape index (κ2) is 6.48. The Labute approximate surface area is 96.4 Å². The van der Waals surface area contributed by atoms with Crippen LogP contribution in [0.2, 0.25) is 0 Å². The summed E-state index contributed by atoms with van der Waals surface area (Å²) in [5.74, 6) is -0.140. The van der Waals surface area contributed by atoms with Gasteiger partial charge >= 0.3 is 0 Å². The first-order valence-corrected chi connectivity index (χ1v) is 5.87. The van der Waals surface area contributed by atoms with Gasteiger partial charge in [0.1, 0.15) is 0 Å². The molecule has 0 aromatic rings. The predicted octanol–water partition coefficient (Wildman–Crippen LogP) is -0.373. The lowest BCUT2D eigenvalue weighted by Crippen LogP contribution is -2.45. The Morgan fingerprint density at radius 1 is 1.44 bits per heavy atom. The number of hydrogen-bond donors (Lipinski definition) is 3. The molecular weight excluding hydrogens is 206 g/mol. The molecule has 0 saturated carbocycles. The molecule has 1 aliphatic heterocycles. The van der Waals surface area contributed by atoms with Crippen molar-refractivity contribution in [1.82, 2.24) is 16.0 Å². The third-order valence-electron chi connectivity index (χ3n) is 2.54. The van der Waals surface area contributed by atoms with Crippen molar-refractivity contribution in [3.05, 3.63) is 0 Å². The SMILES string of the molecule is CC(C)NC(=O)CNC(=O)C1CCCNC1. The van der Waals surface area contributed by atoms with Gasteiger partial charge in [-0.15, -0.1) is 0 Å². The van der Waals surface area contributed by atoms with Gasteiger partial charge in [-0.3, -0.25) is 9.59 Å². The average molecular weight is 227 g/mol. The van der Waals surface area contributed by atoms with Gasteiger partial charge in [-0.25, -0.2) is 0 Å². The second-order valence-electron chi connectivity index (χ2n) is 4.48.